The molecule has 0 aliphatic rings. The van der Waals surface area contributed by atoms with Crippen LogP contribution in [0.3, 0.4) is 0 Å². The average molecular weight is 254 g/mol. The number of nitrogens with two attached hydrogens (primary N) is 1. The van der Waals surface area contributed by atoms with Crippen LogP contribution >= 0.6 is 0 Å². The third-order valence-corrected chi connectivity index (χ3v) is 1.93. The third kappa shape index (κ3) is 3.93. The Kier molecular flexibility index (Phi) is 4.47. The minimum atomic E-state index is -0.900. The fourth-order valence-electron chi connectivity index (χ4n) is 1.11. The van der Waals surface area contributed by atoms with Gasteiger partial charge in [-0.3, -0.25) is 10.1 Å². The van der Waals surface area contributed by atoms with Gasteiger partial charge in [-0.25, -0.2) is 4.79 Å². The number of rotatable bonds is 4. The molecule has 0 aliphatic heterocycles. The fraction of sp³-hybridized carbons (Fsp3) is 0.364. The summed E-state index contributed by atoms with van der Waals surface area (Å²) in [6, 6.07) is 3.73. The van der Waals surface area contributed by atoms with Crippen molar-refractivity contribution in [2.24, 2.45) is 5.92 Å². The molecule has 0 spiro atoms. The molecule has 1 aromatic carbocycles. The predicted molar refractivity (Wildman–Crippen MR) is 64.3 cm³/mol. The van der Waals surface area contributed by atoms with Gasteiger partial charge in [0, 0.05) is 0 Å². The molecule has 98 valence electrons. The Morgan fingerprint density at radius 3 is 2.72 bits per heavy atom. The first kappa shape index (κ1) is 13.8. The van der Waals surface area contributed by atoms with Crippen molar-refractivity contribution in [3.8, 4) is 5.75 Å². The zero-order valence-electron chi connectivity index (χ0n) is 10.1. The molecule has 1 aromatic rings. The molecule has 1 rings (SSSR count). The number of benzene rings is 1. The molecule has 0 heterocycles. The molecule has 0 bridgehead atoms. The summed E-state index contributed by atoms with van der Waals surface area (Å²) in [5.74, 6) is 0.197. The van der Waals surface area contributed by atoms with Crippen molar-refractivity contribution in [1.29, 1.82) is 0 Å². The van der Waals surface area contributed by atoms with Crippen LogP contribution in [0.25, 0.3) is 0 Å². The normalized spacial score (nSPS) is 10.2. The number of hydrogen-bond donors (Lipinski definition) is 1. The Bertz CT molecular complexity index is 459. The third-order valence-electron chi connectivity index (χ3n) is 1.93. The average Bonchev–Trinajstić information content (AvgIpc) is 2.28. The van der Waals surface area contributed by atoms with E-state index in [2.05, 4.69) is 0 Å². The second-order valence-corrected chi connectivity index (χ2v) is 4.03. The maximum absolute atomic E-state index is 11.2. The van der Waals surface area contributed by atoms with Gasteiger partial charge >= 0.3 is 6.16 Å². The molecule has 0 saturated heterocycles. The lowest BCUT2D eigenvalue weighted by atomic mass is 10.2. The summed E-state index contributed by atoms with van der Waals surface area (Å²) < 4.78 is 9.57. The van der Waals surface area contributed by atoms with Gasteiger partial charge in [-0.15, -0.1) is 0 Å². The van der Waals surface area contributed by atoms with E-state index in [0.29, 0.717) is 0 Å². The molecule has 0 aromatic heterocycles. The highest BCUT2D eigenvalue weighted by atomic mass is 16.7. The van der Waals surface area contributed by atoms with Crippen molar-refractivity contribution in [3.63, 3.8) is 0 Å². The van der Waals surface area contributed by atoms with Crippen LogP contribution in [0.4, 0.5) is 16.2 Å². The number of hydrogen-bond acceptors (Lipinski definition) is 6. The molecular formula is C11H14N2O5. The Hall–Kier alpha value is -2.31. The van der Waals surface area contributed by atoms with Crippen molar-refractivity contribution < 1.29 is 19.2 Å². The van der Waals surface area contributed by atoms with E-state index in [0.717, 1.165) is 6.07 Å². The summed E-state index contributed by atoms with van der Waals surface area (Å²) in [5.41, 5.74) is 5.09. The molecule has 7 heteroatoms. The minimum Gasteiger partial charge on any atom is -0.434 e. The fourth-order valence-corrected chi connectivity index (χ4v) is 1.11. The van der Waals surface area contributed by atoms with Gasteiger partial charge in [0.1, 0.15) is 11.4 Å². The number of nitrogen functional groups attached to an aromatic ring is 1. The monoisotopic (exact) mass is 254 g/mol. The Balaban J connectivity index is 2.70. The lowest BCUT2D eigenvalue weighted by Gasteiger charge is -2.07. The molecule has 0 unspecified atom stereocenters. The van der Waals surface area contributed by atoms with Crippen LogP contribution in [0.5, 0.6) is 5.75 Å². The van der Waals surface area contributed by atoms with E-state index >= 15 is 0 Å². The van der Waals surface area contributed by atoms with Crippen LogP contribution in [0.15, 0.2) is 18.2 Å². The minimum absolute atomic E-state index is 0.00268. The number of ether oxygens (including phenoxy) is 2. The maximum Gasteiger partial charge on any atom is 0.513 e. The van der Waals surface area contributed by atoms with Crippen LogP contribution in [0.2, 0.25) is 0 Å². The molecule has 0 amide bonds. The maximum atomic E-state index is 11.2. The van der Waals surface area contributed by atoms with Crippen molar-refractivity contribution in [1.82, 2.24) is 0 Å². The molecule has 2 N–H and O–H groups in total. The topological polar surface area (TPSA) is 105 Å². The van der Waals surface area contributed by atoms with E-state index < -0.39 is 11.1 Å². The van der Waals surface area contributed by atoms with E-state index in [-0.39, 0.29) is 29.6 Å². The van der Waals surface area contributed by atoms with E-state index in [4.69, 9.17) is 15.2 Å². The smallest absolute Gasteiger partial charge is 0.434 e. The number of carbonyl (C=O) groups excluding carboxylic acids is 1. The Labute approximate surface area is 104 Å². The molecule has 0 aliphatic carbocycles. The first-order valence-electron chi connectivity index (χ1n) is 5.28. The van der Waals surface area contributed by atoms with Crippen molar-refractivity contribution in [3.05, 3.63) is 28.3 Å². The highest BCUT2D eigenvalue weighted by Crippen LogP contribution is 2.26. The van der Waals surface area contributed by atoms with Crippen LogP contribution in [0, 0.1) is 16.0 Å². The first-order valence-corrected chi connectivity index (χ1v) is 5.28. The number of nitrogens with zero attached hydrogens (tertiary/aromatic N) is 1. The van der Waals surface area contributed by atoms with Crippen LogP contribution in [-0.4, -0.2) is 17.7 Å². The van der Waals surface area contributed by atoms with E-state index in [1.165, 1.54) is 12.1 Å². The lowest BCUT2D eigenvalue weighted by Crippen LogP contribution is -2.14. The zero-order valence-corrected chi connectivity index (χ0v) is 10.1. The number of nitro groups is 1. The van der Waals surface area contributed by atoms with Crippen molar-refractivity contribution in [2.75, 3.05) is 12.3 Å². The second kappa shape index (κ2) is 5.85. The van der Waals surface area contributed by atoms with Gasteiger partial charge in [-0.1, -0.05) is 13.8 Å². The van der Waals surface area contributed by atoms with Gasteiger partial charge in [0.2, 0.25) is 0 Å². The Morgan fingerprint density at radius 1 is 1.50 bits per heavy atom. The summed E-state index contributed by atoms with van der Waals surface area (Å²) >= 11 is 0. The van der Waals surface area contributed by atoms with E-state index in [1.807, 2.05) is 13.8 Å². The van der Waals surface area contributed by atoms with E-state index in [1.54, 1.807) is 0 Å². The van der Waals surface area contributed by atoms with Crippen molar-refractivity contribution in [2.45, 2.75) is 13.8 Å². The number of nitro benzene ring substituents is 1. The highest BCUT2D eigenvalue weighted by molar-refractivity contribution is 5.67. The van der Waals surface area contributed by atoms with Crippen molar-refractivity contribution >= 4 is 17.5 Å². The summed E-state index contributed by atoms with van der Waals surface area (Å²) in [5, 5.41) is 10.6. The molecule has 0 saturated carbocycles. The summed E-state index contributed by atoms with van der Waals surface area (Å²) in [4.78, 5) is 21.2. The largest absolute Gasteiger partial charge is 0.513 e. The van der Waals surface area contributed by atoms with Gasteiger partial charge in [0.25, 0.3) is 5.69 Å². The molecule has 0 radical (unpaired) electrons. The van der Waals surface area contributed by atoms with Crippen LogP contribution < -0.4 is 10.5 Å². The summed E-state index contributed by atoms with van der Waals surface area (Å²) in [6.45, 7) is 3.97. The SMILES string of the molecule is CC(C)COC(=O)Oc1ccc(N)c([N+](=O)[O-])c1. The molecule has 0 atom stereocenters. The standard InChI is InChI=1S/C11H14N2O5/c1-7(2)6-17-11(14)18-8-3-4-9(12)10(5-8)13(15)16/h3-5,7H,6,12H2,1-2H3. The van der Waals surface area contributed by atoms with Gasteiger partial charge < -0.3 is 15.2 Å². The zero-order chi connectivity index (χ0) is 13.7. The molecule has 0 fully saturated rings. The molecular weight excluding hydrogens is 240 g/mol. The quantitative estimate of drug-likeness (QED) is 0.290. The second-order valence-electron chi connectivity index (χ2n) is 4.03. The van der Waals surface area contributed by atoms with Crippen LogP contribution in [0.1, 0.15) is 13.8 Å². The first-order chi connectivity index (χ1) is 8.40. The van der Waals surface area contributed by atoms with E-state index in [9.17, 15) is 14.9 Å². The van der Waals surface area contributed by atoms with Crippen LogP contribution in [-0.2, 0) is 4.74 Å². The summed E-state index contributed by atoms with van der Waals surface area (Å²) in [6.07, 6.45) is -0.900. The highest BCUT2D eigenvalue weighted by Gasteiger charge is 2.15. The van der Waals surface area contributed by atoms with Gasteiger partial charge in [-0.05, 0) is 18.1 Å². The van der Waals surface area contributed by atoms with Gasteiger partial charge in [0.15, 0.2) is 0 Å². The predicted octanol–water partition coefficient (Wildman–Crippen LogP) is 2.35. The Morgan fingerprint density at radius 2 is 2.17 bits per heavy atom. The summed E-state index contributed by atoms with van der Waals surface area (Å²) in [7, 11) is 0. The molecule has 7 nitrogen and oxygen atoms in total. The van der Waals surface area contributed by atoms with Gasteiger partial charge in [0.05, 0.1) is 17.6 Å². The molecule has 18 heavy (non-hydrogen) atoms. The number of anilines is 1. The van der Waals surface area contributed by atoms with Gasteiger partial charge in [-0.2, -0.15) is 0 Å². The lowest BCUT2D eigenvalue weighted by molar-refractivity contribution is -0.383. The number of carbonyl (C=O) groups is 1.